The van der Waals surface area contributed by atoms with Crippen LogP contribution in [0.5, 0.6) is 0 Å². The average molecular weight is 362 g/mol. The van der Waals surface area contributed by atoms with Crippen LogP contribution in [0, 0.1) is 6.92 Å². The van der Waals surface area contributed by atoms with E-state index in [1.165, 1.54) is 0 Å². The van der Waals surface area contributed by atoms with Crippen molar-refractivity contribution in [3.8, 4) is 11.3 Å². The number of halogens is 1. The Morgan fingerprint density at radius 2 is 1.92 bits per heavy atom. The Morgan fingerprint density at radius 3 is 2.73 bits per heavy atom. The Morgan fingerprint density at radius 1 is 1.08 bits per heavy atom. The van der Waals surface area contributed by atoms with Gasteiger partial charge in [-0.2, -0.15) is 0 Å². The molecule has 0 aliphatic carbocycles. The summed E-state index contributed by atoms with van der Waals surface area (Å²) in [6.45, 7) is 2.03. The zero-order chi connectivity index (χ0) is 18.1. The van der Waals surface area contributed by atoms with Crippen molar-refractivity contribution in [3.63, 3.8) is 0 Å². The number of pyridine rings is 1. The van der Waals surface area contributed by atoms with Gasteiger partial charge in [0.25, 0.3) is 5.91 Å². The third-order valence-corrected chi connectivity index (χ3v) is 4.45. The van der Waals surface area contributed by atoms with Gasteiger partial charge in [0.2, 0.25) is 0 Å². The molecule has 0 spiro atoms. The molecule has 26 heavy (non-hydrogen) atoms. The zero-order valence-corrected chi connectivity index (χ0v) is 14.9. The maximum Gasteiger partial charge on any atom is 0.255 e. The first-order valence-corrected chi connectivity index (χ1v) is 8.60. The molecule has 0 unspecified atom stereocenters. The maximum atomic E-state index is 12.6. The minimum absolute atomic E-state index is 0.208. The van der Waals surface area contributed by atoms with Crippen molar-refractivity contribution in [2.24, 2.45) is 0 Å². The van der Waals surface area contributed by atoms with E-state index >= 15 is 0 Å². The Labute approximate surface area is 156 Å². The van der Waals surface area contributed by atoms with Gasteiger partial charge < -0.3 is 9.72 Å². The van der Waals surface area contributed by atoms with Gasteiger partial charge in [0.15, 0.2) is 0 Å². The lowest BCUT2D eigenvalue weighted by Crippen LogP contribution is -2.12. The fourth-order valence-corrected chi connectivity index (χ4v) is 3.11. The highest BCUT2D eigenvalue weighted by molar-refractivity contribution is 6.31. The third kappa shape index (κ3) is 3.07. The van der Waals surface area contributed by atoms with Crippen molar-refractivity contribution >= 4 is 28.8 Å². The zero-order valence-electron chi connectivity index (χ0n) is 14.1. The fraction of sp³-hybridized carbons (Fsp3) is 0.0476. The summed E-state index contributed by atoms with van der Waals surface area (Å²) in [5, 5.41) is 3.49. The molecule has 0 bridgehead atoms. The summed E-state index contributed by atoms with van der Waals surface area (Å²) in [6, 6.07) is 18.5. The van der Waals surface area contributed by atoms with Crippen LogP contribution in [0.2, 0.25) is 5.02 Å². The number of aromatic nitrogens is 2. The number of amides is 1. The number of carbonyl (C=O) groups excluding carboxylic acids is 1. The van der Waals surface area contributed by atoms with E-state index < -0.39 is 0 Å². The second-order valence-electron chi connectivity index (χ2n) is 6.06. The van der Waals surface area contributed by atoms with Crippen LogP contribution in [0.1, 0.15) is 15.9 Å². The number of rotatable bonds is 3. The van der Waals surface area contributed by atoms with Gasteiger partial charge in [-0.05, 0) is 42.8 Å². The van der Waals surface area contributed by atoms with E-state index in [9.17, 15) is 4.79 Å². The van der Waals surface area contributed by atoms with Crippen molar-refractivity contribution in [2.75, 3.05) is 5.32 Å². The SMILES string of the molecule is Cc1cccn2cc(-c3ccccc3NC(=O)c3cccc(Cl)c3)nc12. The summed E-state index contributed by atoms with van der Waals surface area (Å²) < 4.78 is 1.99. The molecular formula is C21H16ClN3O. The van der Waals surface area contributed by atoms with Crippen LogP contribution in [-0.2, 0) is 0 Å². The van der Waals surface area contributed by atoms with E-state index in [1.807, 2.05) is 60.1 Å². The summed E-state index contributed by atoms with van der Waals surface area (Å²) in [5.74, 6) is -0.208. The number of hydrogen-bond acceptors (Lipinski definition) is 2. The van der Waals surface area contributed by atoms with Crippen molar-refractivity contribution in [3.05, 3.63) is 89.2 Å². The van der Waals surface area contributed by atoms with Gasteiger partial charge in [-0.15, -0.1) is 0 Å². The summed E-state index contributed by atoms with van der Waals surface area (Å²) in [4.78, 5) is 17.3. The Balaban J connectivity index is 1.72. The summed E-state index contributed by atoms with van der Waals surface area (Å²) >= 11 is 5.99. The number of carbonyl (C=O) groups is 1. The van der Waals surface area contributed by atoms with Crippen LogP contribution in [0.25, 0.3) is 16.9 Å². The Hall–Kier alpha value is -3.11. The van der Waals surface area contributed by atoms with E-state index in [0.717, 1.165) is 22.5 Å². The normalized spacial score (nSPS) is 10.8. The highest BCUT2D eigenvalue weighted by Gasteiger charge is 2.13. The summed E-state index contributed by atoms with van der Waals surface area (Å²) in [6.07, 6.45) is 3.93. The first-order chi connectivity index (χ1) is 12.6. The molecule has 2 aromatic heterocycles. The molecule has 2 heterocycles. The second-order valence-corrected chi connectivity index (χ2v) is 6.49. The van der Waals surface area contributed by atoms with Gasteiger partial charge >= 0.3 is 0 Å². The highest BCUT2D eigenvalue weighted by Crippen LogP contribution is 2.28. The first-order valence-electron chi connectivity index (χ1n) is 8.22. The largest absolute Gasteiger partial charge is 0.321 e. The van der Waals surface area contributed by atoms with Crippen LogP contribution in [0.15, 0.2) is 73.1 Å². The number of para-hydroxylation sites is 1. The first kappa shape index (κ1) is 16.4. The topological polar surface area (TPSA) is 46.4 Å². The lowest BCUT2D eigenvalue weighted by molar-refractivity contribution is 0.102. The van der Waals surface area contributed by atoms with Crippen molar-refractivity contribution in [1.82, 2.24) is 9.38 Å². The number of anilines is 1. The molecule has 1 amide bonds. The Bertz CT molecular complexity index is 1120. The Kier molecular flexibility index (Phi) is 4.19. The number of hydrogen-bond donors (Lipinski definition) is 1. The standard InChI is InChI=1S/C21H16ClN3O/c1-14-6-5-11-25-13-19(23-20(14)25)17-9-2-3-10-18(17)24-21(26)15-7-4-8-16(22)12-15/h2-13H,1H3,(H,24,26). The smallest absolute Gasteiger partial charge is 0.255 e. The molecule has 0 radical (unpaired) electrons. The van der Waals surface area contributed by atoms with Crippen LogP contribution in [0.4, 0.5) is 5.69 Å². The molecule has 0 aliphatic rings. The average Bonchev–Trinajstić information content (AvgIpc) is 3.08. The molecule has 1 N–H and O–H groups in total. The number of imidazole rings is 1. The molecule has 0 fully saturated rings. The minimum Gasteiger partial charge on any atom is -0.321 e. The molecule has 0 saturated heterocycles. The number of benzene rings is 2. The third-order valence-electron chi connectivity index (χ3n) is 4.22. The molecule has 5 heteroatoms. The predicted octanol–water partition coefficient (Wildman–Crippen LogP) is 5.22. The van der Waals surface area contributed by atoms with Crippen molar-refractivity contribution in [1.29, 1.82) is 0 Å². The monoisotopic (exact) mass is 361 g/mol. The van der Waals surface area contributed by atoms with Crippen LogP contribution >= 0.6 is 11.6 Å². The lowest BCUT2D eigenvalue weighted by atomic mass is 10.1. The lowest BCUT2D eigenvalue weighted by Gasteiger charge is -2.09. The number of nitrogens with zero attached hydrogens (tertiary/aromatic N) is 2. The maximum absolute atomic E-state index is 12.6. The van der Waals surface area contributed by atoms with Gasteiger partial charge in [-0.25, -0.2) is 4.98 Å². The van der Waals surface area contributed by atoms with E-state index in [-0.39, 0.29) is 5.91 Å². The molecule has 4 nitrogen and oxygen atoms in total. The van der Waals surface area contributed by atoms with Crippen molar-refractivity contribution in [2.45, 2.75) is 6.92 Å². The fourth-order valence-electron chi connectivity index (χ4n) is 2.92. The molecule has 0 saturated carbocycles. The van der Waals surface area contributed by atoms with Crippen LogP contribution in [0.3, 0.4) is 0 Å². The highest BCUT2D eigenvalue weighted by atomic mass is 35.5. The van der Waals surface area contributed by atoms with E-state index in [2.05, 4.69) is 5.32 Å². The van der Waals surface area contributed by atoms with Crippen molar-refractivity contribution < 1.29 is 4.79 Å². The predicted molar refractivity (Wildman–Crippen MR) is 105 cm³/mol. The van der Waals surface area contributed by atoms with Gasteiger partial charge in [-0.1, -0.05) is 41.9 Å². The molecule has 4 rings (SSSR count). The minimum atomic E-state index is -0.208. The molecule has 128 valence electrons. The number of aryl methyl sites for hydroxylation is 1. The molecule has 0 atom stereocenters. The van der Waals surface area contributed by atoms with E-state index in [4.69, 9.17) is 16.6 Å². The second kappa shape index (κ2) is 6.65. The molecule has 4 aromatic rings. The number of nitrogens with one attached hydrogen (secondary N) is 1. The summed E-state index contributed by atoms with van der Waals surface area (Å²) in [7, 11) is 0. The summed E-state index contributed by atoms with van der Waals surface area (Å²) in [5.41, 5.74) is 4.89. The van der Waals surface area contributed by atoms with Gasteiger partial charge in [0.05, 0.1) is 11.4 Å². The van der Waals surface area contributed by atoms with Crippen LogP contribution in [-0.4, -0.2) is 15.3 Å². The van der Waals surface area contributed by atoms with Gasteiger partial charge in [0, 0.05) is 28.5 Å². The number of fused-ring (bicyclic) bond motifs is 1. The molecule has 2 aromatic carbocycles. The van der Waals surface area contributed by atoms with E-state index in [1.54, 1.807) is 24.3 Å². The van der Waals surface area contributed by atoms with E-state index in [0.29, 0.717) is 16.3 Å². The van der Waals surface area contributed by atoms with Gasteiger partial charge in [-0.3, -0.25) is 4.79 Å². The van der Waals surface area contributed by atoms with Gasteiger partial charge in [0.1, 0.15) is 5.65 Å². The quantitative estimate of drug-likeness (QED) is 0.544. The molecular weight excluding hydrogens is 346 g/mol. The molecule has 0 aliphatic heterocycles. The van der Waals surface area contributed by atoms with Crippen LogP contribution < -0.4 is 5.32 Å².